The lowest BCUT2D eigenvalue weighted by atomic mass is 9.94. The smallest absolute Gasteiger partial charge is 0.129 e. The number of aliphatic hydroxyl groups excluding tert-OH is 1. The minimum atomic E-state index is -0.694. The maximum absolute atomic E-state index is 10.1. The Morgan fingerprint density at radius 2 is 1.78 bits per heavy atom. The third kappa shape index (κ3) is 1.83. The van der Waals surface area contributed by atoms with Crippen LogP contribution < -0.4 is 4.74 Å². The average Bonchev–Trinajstić information content (AvgIpc) is 2.39. The molecule has 92 valence electrons. The van der Waals surface area contributed by atoms with Crippen molar-refractivity contribution in [1.82, 2.24) is 0 Å². The number of fused-ring (bicyclic) bond motifs is 1. The van der Waals surface area contributed by atoms with Crippen LogP contribution in [0.3, 0.4) is 0 Å². The summed E-state index contributed by atoms with van der Waals surface area (Å²) in [5.41, 5.74) is 1.52. The lowest BCUT2D eigenvalue weighted by Crippen LogP contribution is -2.19. The second-order valence-electron chi connectivity index (χ2n) is 4.46. The molecule has 1 aliphatic heterocycles. The fourth-order valence-electron chi connectivity index (χ4n) is 2.36. The second-order valence-corrected chi connectivity index (χ2v) is 4.46. The Labute approximate surface area is 105 Å². The van der Waals surface area contributed by atoms with E-state index < -0.39 is 6.10 Å². The summed E-state index contributed by atoms with van der Waals surface area (Å²) >= 11 is 0. The average molecular weight is 242 g/mol. The van der Waals surface area contributed by atoms with E-state index in [4.69, 9.17) is 4.74 Å². The van der Waals surface area contributed by atoms with Crippen molar-refractivity contribution in [2.45, 2.75) is 18.6 Å². The van der Waals surface area contributed by atoms with Crippen LogP contribution in [0.1, 0.15) is 29.8 Å². The number of phenols is 1. The van der Waals surface area contributed by atoms with Gasteiger partial charge in [-0.05, 0) is 17.7 Å². The van der Waals surface area contributed by atoms with Gasteiger partial charge in [0.25, 0.3) is 0 Å². The van der Waals surface area contributed by atoms with Gasteiger partial charge in [0, 0.05) is 6.42 Å². The van der Waals surface area contributed by atoms with Gasteiger partial charge in [-0.15, -0.1) is 0 Å². The topological polar surface area (TPSA) is 49.7 Å². The van der Waals surface area contributed by atoms with Gasteiger partial charge in [-0.1, -0.05) is 36.4 Å². The third-order valence-corrected chi connectivity index (χ3v) is 3.25. The molecule has 0 fully saturated rings. The van der Waals surface area contributed by atoms with E-state index in [9.17, 15) is 10.2 Å². The molecule has 0 aromatic heterocycles. The Hall–Kier alpha value is -2.00. The molecule has 0 aliphatic carbocycles. The summed E-state index contributed by atoms with van der Waals surface area (Å²) in [6.45, 7) is 0. The molecule has 0 saturated heterocycles. The SMILES string of the molecule is Oc1cccc2c1[C@H](O)C[C@H](c1ccccc1)O2. The van der Waals surface area contributed by atoms with Gasteiger partial charge in [0.05, 0.1) is 11.7 Å². The summed E-state index contributed by atoms with van der Waals surface area (Å²) in [7, 11) is 0. The molecule has 2 aromatic carbocycles. The molecule has 0 amide bonds. The zero-order chi connectivity index (χ0) is 12.5. The Balaban J connectivity index is 1.97. The fourth-order valence-corrected chi connectivity index (χ4v) is 2.36. The molecule has 2 atom stereocenters. The highest BCUT2D eigenvalue weighted by Crippen LogP contribution is 2.44. The largest absolute Gasteiger partial charge is 0.507 e. The van der Waals surface area contributed by atoms with E-state index >= 15 is 0 Å². The highest BCUT2D eigenvalue weighted by Gasteiger charge is 2.29. The summed E-state index contributed by atoms with van der Waals surface area (Å²) < 4.78 is 5.85. The van der Waals surface area contributed by atoms with Crippen LogP contribution in [0.25, 0.3) is 0 Å². The number of phenolic OH excluding ortho intramolecular Hbond substituents is 1. The van der Waals surface area contributed by atoms with Gasteiger partial charge in [0.2, 0.25) is 0 Å². The van der Waals surface area contributed by atoms with Gasteiger partial charge < -0.3 is 14.9 Å². The van der Waals surface area contributed by atoms with Crippen LogP contribution in [0.5, 0.6) is 11.5 Å². The monoisotopic (exact) mass is 242 g/mol. The van der Waals surface area contributed by atoms with E-state index in [0.717, 1.165) is 5.56 Å². The molecular weight excluding hydrogens is 228 g/mol. The number of rotatable bonds is 1. The van der Waals surface area contributed by atoms with Crippen LogP contribution in [0.2, 0.25) is 0 Å². The first-order valence-corrected chi connectivity index (χ1v) is 5.97. The number of benzene rings is 2. The first-order chi connectivity index (χ1) is 8.75. The highest BCUT2D eigenvalue weighted by atomic mass is 16.5. The molecule has 0 radical (unpaired) electrons. The summed E-state index contributed by atoms with van der Waals surface area (Å²) in [6, 6.07) is 14.8. The molecule has 3 heteroatoms. The minimum Gasteiger partial charge on any atom is -0.507 e. The van der Waals surface area contributed by atoms with Crippen molar-refractivity contribution in [1.29, 1.82) is 0 Å². The van der Waals surface area contributed by atoms with E-state index in [0.29, 0.717) is 17.7 Å². The predicted octanol–water partition coefficient (Wildman–Crippen LogP) is 2.95. The molecule has 3 nitrogen and oxygen atoms in total. The van der Waals surface area contributed by atoms with Crippen molar-refractivity contribution in [3.63, 3.8) is 0 Å². The number of hydrogen-bond donors (Lipinski definition) is 2. The normalized spacial score (nSPS) is 22.1. The number of aliphatic hydroxyl groups is 1. The number of hydrogen-bond acceptors (Lipinski definition) is 3. The Kier molecular flexibility index (Phi) is 2.68. The van der Waals surface area contributed by atoms with Crippen molar-refractivity contribution >= 4 is 0 Å². The van der Waals surface area contributed by atoms with E-state index in [1.807, 2.05) is 30.3 Å². The Morgan fingerprint density at radius 3 is 2.56 bits per heavy atom. The zero-order valence-electron chi connectivity index (χ0n) is 9.78. The van der Waals surface area contributed by atoms with Crippen molar-refractivity contribution in [2.75, 3.05) is 0 Å². The molecule has 0 bridgehead atoms. The molecule has 18 heavy (non-hydrogen) atoms. The third-order valence-electron chi connectivity index (χ3n) is 3.25. The lowest BCUT2D eigenvalue weighted by Gasteiger charge is -2.30. The molecule has 2 N–H and O–H groups in total. The van der Waals surface area contributed by atoms with Crippen LogP contribution in [0.15, 0.2) is 48.5 Å². The number of aromatic hydroxyl groups is 1. The van der Waals surface area contributed by atoms with Gasteiger partial charge in [-0.2, -0.15) is 0 Å². The van der Waals surface area contributed by atoms with Crippen LogP contribution >= 0.6 is 0 Å². The predicted molar refractivity (Wildman–Crippen MR) is 67.5 cm³/mol. The van der Waals surface area contributed by atoms with E-state index in [-0.39, 0.29) is 11.9 Å². The van der Waals surface area contributed by atoms with Crippen molar-refractivity contribution in [2.24, 2.45) is 0 Å². The van der Waals surface area contributed by atoms with Crippen molar-refractivity contribution < 1.29 is 14.9 Å². The fraction of sp³-hybridized carbons (Fsp3) is 0.200. The maximum atomic E-state index is 10.1. The summed E-state index contributed by atoms with van der Waals surface area (Å²) in [6.07, 6.45) is -0.412. The van der Waals surface area contributed by atoms with Gasteiger partial charge >= 0.3 is 0 Å². The van der Waals surface area contributed by atoms with Gasteiger partial charge in [-0.3, -0.25) is 0 Å². The standard InChI is InChI=1S/C15H14O3/c16-11-7-4-8-13-15(11)12(17)9-14(18-13)10-5-2-1-3-6-10/h1-8,12,14,16-17H,9H2/t12-,14-/m1/s1. The van der Waals surface area contributed by atoms with Crippen LogP contribution in [0, 0.1) is 0 Å². The molecule has 0 unspecified atom stereocenters. The lowest BCUT2D eigenvalue weighted by molar-refractivity contribution is 0.0634. The van der Waals surface area contributed by atoms with Crippen LogP contribution in [-0.4, -0.2) is 10.2 Å². The molecular formula is C15H14O3. The molecule has 3 rings (SSSR count). The molecule has 1 heterocycles. The Morgan fingerprint density at radius 1 is 1.00 bits per heavy atom. The van der Waals surface area contributed by atoms with E-state index in [1.54, 1.807) is 18.2 Å². The highest BCUT2D eigenvalue weighted by molar-refractivity contribution is 5.47. The quantitative estimate of drug-likeness (QED) is 0.808. The summed E-state index contributed by atoms with van der Waals surface area (Å²) in [5.74, 6) is 0.647. The molecule has 1 aliphatic rings. The van der Waals surface area contributed by atoms with Gasteiger partial charge in [0.1, 0.15) is 17.6 Å². The summed E-state index contributed by atoms with van der Waals surface area (Å²) in [5, 5.41) is 19.9. The van der Waals surface area contributed by atoms with E-state index in [2.05, 4.69) is 0 Å². The molecule has 0 spiro atoms. The first-order valence-electron chi connectivity index (χ1n) is 5.97. The van der Waals surface area contributed by atoms with Crippen molar-refractivity contribution in [3.05, 3.63) is 59.7 Å². The molecule has 2 aromatic rings. The van der Waals surface area contributed by atoms with Crippen LogP contribution in [0.4, 0.5) is 0 Å². The second kappa shape index (κ2) is 4.35. The first kappa shape index (κ1) is 11.1. The Bertz CT molecular complexity index is 551. The zero-order valence-corrected chi connectivity index (χ0v) is 9.78. The van der Waals surface area contributed by atoms with E-state index in [1.165, 1.54) is 0 Å². The van der Waals surface area contributed by atoms with Crippen molar-refractivity contribution in [3.8, 4) is 11.5 Å². The van der Waals surface area contributed by atoms with Gasteiger partial charge in [-0.25, -0.2) is 0 Å². The van der Waals surface area contributed by atoms with Gasteiger partial charge in [0.15, 0.2) is 0 Å². The summed E-state index contributed by atoms with van der Waals surface area (Å²) in [4.78, 5) is 0. The maximum Gasteiger partial charge on any atom is 0.129 e. The minimum absolute atomic E-state index is 0.0894. The van der Waals surface area contributed by atoms with Crippen LogP contribution in [-0.2, 0) is 0 Å². The molecule has 0 saturated carbocycles. The number of ether oxygens (including phenoxy) is 1.